The molecule has 0 radical (unpaired) electrons. The highest BCUT2D eigenvalue weighted by atomic mass is 28.4. The number of amides is 1. The molecule has 7 heteroatoms. The van der Waals surface area contributed by atoms with E-state index < -0.39 is 37.3 Å². The maximum absolute atomic E-state index is 14.1. The number of carbonyl (C=O) groups is 1. The highest BCUT2D eigenvalue weighted by Crippen LogP contribution is 2.46. The van der Waals surface area contributed by atoms with Crippen molar-refractivity contribution in [2.24, 2.45) is 11.3 Å². The van der Waals surface area contributed by atoms with Crippen molar-refractivity contribution in [3.63, 3.8) is 0 Å². The minimum Gasteiger partial charge on any atom is -0.413 e. The Hall–Kier alpha value is -2.12. The first kappa shape index (κ1) is 33.1. The van der Waals surface area contributed by atoms with E-state index >= 15 is 0 Å². The molecule has 0 bridgehead atoms. The molecule has 0 aromatic heterocycles. The summed E-state index contributed by atoms with van der Waals surface area (Å²) < 4.78 is 48.6. The molecule has 218 valence electrons. The van der Waals surface area contributed by atoms with Crippen LogP contribution < -0.4 is 5.32 Å². The van der Waals surface area contributed by atoms with Gasteiger partial charge in [0.05, 0.1) is 12.2 Å². The quantitative estimate of drug-likeness (QED) is 0.218. The summed E-state index contributed by atoms with van der Waals surface area (Å²) in [7, 11) is -1.95. The second kappa shape index (κ2) is 13.0. The Bertz CT molecular complexity index is 1080. The number of unbranched alkanes of at least 4 members (excludes halogenated alkanes) is 2. The first-order valence-electron chi connectivity index (χ1n) is 14.1. The van der Waals surface area contributed by atoms with Gasteiger partial charge in [0.2, 0.25) is 5.91 Å². The molecule has 2 unspecified atom stereocenters. The van der Waals surface area contributed by atoms with Gasteiger partial charge in [0, 0.05) is 11.6 Å². The van der Waals surface area contributed by atoms with E-state index in [9.17, 15) is 18.0 Å². The number of benzene rings is 2. The van der Waals surface area contributed by atoms with Crippen molar-refractivity contribution in [1.29, 1.82) is 0 Å². The van der Waals surface area contributed by atoms with Gasteiger partial charge >= 0.3 is 6.18 Å². The SMILES string of the molecule is CCCCCC(c1ccccc1C(F)(F)F)C(C(=O)Nc1cccc(CO[Si](C)(C)C(C)(C)C)c1)C(C)(C)C. The fourth-order valence-electron chi connectivity index (χ4n) is 4.81. The third-order valence-electron chi connectivity index (χ3n) is 8.00. The monoisotopic (exact) mass is 563 g/mol. The van der Waals surface area contributed by atoms with Crippen molar-refractivity contribution in [3.05, 3.63) is 65.2 Å². The fourth-order valence-corrected chi connectivity index (χ4v) is 5.77. The normalized spacial score (nSPS) is 14.7. The molecule has 2 atom stereocenters. The molecule has 0 aliphatic heterocycles. The summed E-state index contributed by atoms with van der Waals surface area (Å²) in [4.78, 5) is 13.9. The van der Waals surface area contributed by atoms with Crippen LogP contribution in [0.3, 0.4) is 0 Å². The molecular weight excluding hydrogens is 515 g/mol. The first-order chi connectivity index (χ1) is 17.9. The molecule has 0 aliphatic rings. The third kappa shape index (κ3) is 9.21. The molecular formula is C32H48F3NO2Si. The smallest absolute Gasteiger partial charge is 0.413 e. The van der Waals surface area contributed by atoms with Crippen LogP contribution >= 0.6 is 0 Å². The second-order valence-electron chi connectivity index (χ2n) is 13.3. The van der Waals surface area contributed by atoms with Crippen LogP contribution in [0.5, 0.6) is 0 Å². The van der Waals surface area contributed by atoms with Crippen LogP contribution in [0, 0.1) is 11.3 Å². The summed E-state index contributed by atoms with van der Waals surface area (Å²) in [5, 5.41) is 3.13. The second-order valence-corrected chi connectivity index (χ2v) is 18.1. The Kier molecular flexibility index (Phi) is 11.1. The maximum atomic E-state index is 14.1. The molecule has 0 heterocycles. The van der Waals surface area contributed by atoms with Crippen LogP contribution in [0.4, 0.5) is 18.9 Å². The number of halogens is 3. The number of hydrogen-bond donors (Lipinski definition) is 1. The number of alkyl halides is 3. The molecule has 39 heavy (non-hydrogen) atoms. The number of carbonyl (C=O) groups excluding carboxylic acids is 1. The van der Waals surface area contributed by atoms with Crippen molar-refractivity contribution in [1.82, 2.24) is 0 Å². The lowest BCUT2D eigenvalue weighted by Gasteiger charge is -2.37. The third-order valence-corrected chi connectivity index (χ3v) is 12.5. The molecule has 2 aromatic carbocycles. The van der Waals surface area contributed by atoms with E-state index in [2.05, 4.69) is 46.1 Å². The Balaban J connectivity index is 2.41. The van der Waals surface area contributed by atoms with Crippen LogP contribution in [-0.2, 0) is 22.0 Å². The van der Waals surface area contributed by atoms with Gasteiger partial charge in [0.15, 0.2) is 8.32 Å². The standard InChI is InChI=1S/C32H48F3NO2Si/c1-10-11-12-19-26(25-18-13-14-20-27(25)32(33,34)35)28(30(2,3)4)29(37)36-24-17-15-16-23(21-24)22-38-39(8,9)31(5,6)7/h13-18,20-21,26,28H,10-12,19,22H2,1-9H3,(H,36,37). The van der Waals surface area contributed by atoms with Crippen molar-refractivity contribution >= 4 is 19.9 Å². The summed E-state index contributed by atoms with van der Waals surface area (Å²) in [6, 6.07) is 13.3. The molecule has 2 rings (SSSR count). The Morgan fingerprint density at radius 1 is 0.949 bits per heavy atom. The molecule has 0 spiro atoms. The maximum Gasteiger partial charge on any atom is 0.416 e. The van der Waals surface area contributed by atoms with Gasteiger partial charge in [0.1, 0.15) is 0 Å². The Morgan fingerprint density at radius 2 is 1.59 bits per heavy atom. The highest BCUT2D eigenvalue weighted by Gasteiger charge is 2.43. The van der Waals surface area contributed by atoms with E-state index in [-0.39, 0.29) is 16.5 Å². The van der Waals surface area contributed by atoms with Crippen LogP contribution in [0.2, 0.25) is 18.1 Å². The van der Waals surface area contributed by atoms with E-state index in [0.29, 0.717) is 18.7 Å². The molecule has 0 saturated carbocycles. The number of anilines is 1. The van der Waals surface area contributed by atoms with Crippen molar-refractivity contribution < 1.29 is 22.4 Å². The molecule has 1 N–H and O–H groups in total. The van der Waals surface area contributed by atoms with Gasteiger partial charge in [-0.1, -0.05) is 98.1 Å². The zero-order valence-corrected chi connectivity index (χ0v) is 26.3. The molecule has 0 saturated heterocycles. The molecule has 2 aromatic rings. The van der Waals surface area contributed by atoms with Crippen LogP contribution in [-0.4, -0.2) is 14.2 Å². The van der Waals surface area contributed by atoms with Gasteiger partial charge in [0.25, 0.3) is 0 Å². The summed E-state index contributed by atoms with van der Waals surface area (Å²) in [5.41, 5.74) is 0.558. The Labute approximate surface area is 235 Å². The minimum atomic E-state index is -4.49. The van der Waals surface area contributed by atoms with Crippen molar-refractivity contribution in [3.8, 4) is 0 Å². The van der Waals surface area contributed by atoms with Gasteiger partial charge in [-0.05, 0) is 65.2 Å². The van der Waals surface area contributed by atoms with Crippen LogP contribution in [0.1, 0.15) is 96.8 Å². The number of hydrogen-bond acceptors (Lipinski definition) is 2. The zero-order valence-electron chi connectivity index (χ0n) is 25.3. The van der Waals surface area contributed by atoms with Crippen LogP contribution in [0.25, 0.3) is 0 Å². The number of rotatable bonds is 11. The van der Waals surface area contributed by atoms with E-state index in [1.54, 1.807) is 12.1 Å². The summed E-state index contributed by atoms with van der Waals surface area (Å²) in [5.74, 6) is -1.49. The van der Waals surface area contributed by atoms with Crippen molar-refractivity contribution in [2.45, 2.75) is 111 Å². The summed E-state index contributed by atoms with van der Waals surface area (Å²) in [6.45, 7) is 19.3. The van der Waals surface area contributed by atoms with Crippen LogP contribution in [0.15, 0.2) is 48.5 Å². The minimum absolute atomic E-state index is 0.0816. The fraction of sp³-hybridized carbons (Fsp3) is 0.594. The van der Waals surface area contributed by atoms with E-state index in [1.165, 1.54) is 6.07 Å². The predicted molar refractivity (Wildman–Crippen MR) is 158 cm³/mol. The van der Waals surface area contributed by atoms with Gasteiger partial charge < -0.3 is 9.74 Å². The lowest BCUT2D eigenvalue weighted by atomic mass is 9.67. The highest BCUT2D eigenvalue weighted by molar-refractivity contribution is 6.74. The van der Waals surface area contributed by atoms with E-state index in [0.717, 1.165) is 30.9 Å². The van der Waals surface area contributed by atoms with E-state index in [1.807, 2.05) is 45.0 Å². The zero-order chi connectivity index (χ0) is 29.6. The Morgan fingerprint density at radius 3 is 2.15 bits per heavy atom. The average Bonchev–Trinajstić information content (AvgIpc) is 2.80. The molecule has 1 amide bonds. The number of nitrogens with one attached hydrogen (secondary N) is 1. The lowest BCUT2D eigenvalue weighted by Crippen LogP contribution is -2.40. The topological polar surface area (TPSA) is 38.3 Å². The predicted octanol–water partition coefficient (Wildman–Crippen LogP) is 10.2. The van der Waals surface area contributed by atoms with Gasteiger partial charge in [-0.2, -0.15) is 13.2 Å². The van der Waals surface area contributed by atoms with Gasteiger partial charge in [-0.3, -0.25) is 4.79 Å². The van der Waals surface area contributed by atoms with E-state index in [4.69, 9.17) is 4.43 Å². The molecule has 0 fully saturated rings. The summed E-state index contributed by atoms with van der Waals surface area (Å²) in [6.07, 6.45) is -1.37. The first-order valence-corrected chi connectivity index (χ1v) is 17.0. The summed E-state index contributed by atoms with van der Waals surface area (Å²) >= 11 is 0. The van der Waals surface area contributed by atoms with Gasteiger partial charge in [-0.25, -0.2) is 0 Å². The van der Waals surface area contributed by atoms with Crippen molar-refractivity contribution in [2.75, 3.05) is 5.32 Å². The largest absolute Gasteiger partial charge is 0.416 e. The average molecular weight is 564 g/mol. The molecule has 0 aliphatic carbocycles. The van der Waals surface area contributed by atoms with Gasteiger partial charge in [-0.15, -0.1) is 0 Å². The molecule has 3 nitrogen and oxygen atoms in total. The lowest BCUT2D eigenvalue weighted by molar-refractivity contribution is -0.139.